The lowest BCUT2D eigenvalue weighted by atomic mass is 9.95. The zero-order valence-corrected chi connectivity index (χ0v) is 21.6. The summed E-state index contributed by atoms with van der Waals surface area (Å²) in [5.74, 6) is 1.12. The van der Waals surface area contributed by atoms with Crippen molar-refractivity contribution < 1.29 is 28.3 Å². The minimum Gasteiger partial charge on any atom is -0.485 e. The van der Waals surface area contributed by atoms with E-state index in [0.29, 0.717) is 34.3 Å². The first-order chi connectivity index (χ1) is 18.4. The molecule has 1 saturated carbocycles. The van der Waals surface area contributed by atoms with Crippen LogP contribution in [0.2, 0.25) is 0 Å². The molecule has 0 radical (unpaired) electrons. The SMILES string of the molecule is CC(=O)c1ccc(N(C(=O)[C@H]2COc3ccccc3O2)[C@@H](C(=O)NC2CCCCC2)c2ccc(C)o2)cc1. The van der Waals surface area contributed by atoms with Crippen LogP contribution in [0.3, 0.4) is 0 Å². The van der Waals surface area contributed by atoms with Gasteiger partial charge in [-0.25, -0.2) is 0 Å². The lowest BCUT2D eigenvalue weighted by molar-refractivity contribution is -0.132. The molecule has 38 heavy (non-hydrogen) atoms. The van der Waals surface area contributed by atoms with Crippen LogP contribution in [0.1, 0.15) is 66.9 Å². The first-order valence-corrected chi connectivity index (χ1v) is 13.1. The van der Waals surface area contributed by atoms with Gasteiger partial charge >= 0.3 is 0 Å². The number of carbonyl (C=O) groups excluding carboxylic acids is 3. The van der Waals surface area contributed by atoms with Gasteiger partial charge in [-0.2, -0.15) is 0 Å². The molecule has 0 saturated heterocycles. The van der Waals surface area contributed by atoms with E-state index in [-0.39, 0.29) is 24.3 Å². The number of aryl methyl sites for hydroxylation is 1. The first kappa shape index (κ1) is 25.6. The third-order valence-electron chi connectivity index (χ3n) is 7.06. The van der Waals surface area contributed by atoms with E-state index in [2.05, 4.69) is 5.32 Å². The van der Waals surface area contributed by atoms with Crippen molar-refractivity contribution >= 4 is 23.3 Å². The second kappa shape index (κ2) is 11.1. The third kappa shape index (κ3) is 5.44. The summed E-state index contributed by atoms with van der Waals surface area (Å²) < 4.78 is 17.8. The molecule has 2 amide bonds. The number of nitrogens with one attached hydrogen (secondary N) is 1. The maximum absolute atomic E-state index is 14.2. The van der Waals surface area contributed by atoms with E-state index < -0.39 is 18.1 Å². The molecule has 2 heterocycles. The molecule has 0 spiro atoms. The van der Waals surface area contributed by atoms with Crippen molar-refractivity contribution in [3.63, 3.8) is 0 Å². The molecule has 2 aromatic carbocycles. The molecule has 8 heteroatoms. The van der Waals surface area contributed by atoms with Gasteiger partial charge in [-0.05, 0) is 75.2 Å². The number of nitrogens with zero attached hydrogens (tertiary/aromatic N) is 1. The van der Waals surface area contributed by atoms with E-state index in [9.17, 15) is 14.4 Å². The normalized spacial score (nSPS) is 17.9. The molecule has 1 aliphatic heterocycles. The summed E-state index contributed by atoms with van der Waals surface area (Å²) in [6, 6.07) is 16.2. The number of benzene rings is 2. The molecule has 1 N–H and O–H groups in total. The van der Waals surface area contributed by atoms with Crippen molar-refractivity contribution in [1.29, 1.82) is 0 Å². The van der Waals surface area contributed by atoms with Crippen LogP contribution in [0, 0.1) is 6.92 Å². The van der Waals surface area contributed by atoms with Crippen LogP contribution in [0.4, 0.5) is 5.69 Å². The second-order valence-electron chi connectivity index (χ2n) is 9.87. The van der Waals surface area contributed by atoms with Gasteiger partial charge in [0.25, 0.3) is 11.8 Å². The summed E-state index contributed by atoms with van der Waals surface area (Å²) in [5, 5.41) is 3.16. The number of Topliss-reactive ketones (excluding diaryl/α,β-unsaturated/α-hetero) is 1. The Kier molecular flexibility index (Phi) is 7.49. The van der Waals surface area contributed by atoms with Gasteiger partial charge in [-0.15, -0.1) is 0 Å². The number of para-hydroxylation sites is 2. The van der Waals surface area contributed by atoms with Crippen LogP contribution in [0.15, 0.2) is 65.1 Å². The van der Waals surface area contributed by atoms with Crippen LogP contribution in [0.5, 0.6) is 11.5 Å². The fourth-order valence-corrected chi connectivity index (χ4v) is 5.06. The Balaban J connectivity index is 1.54. The number of amides is 2. The van der Waals surface area contributed by atoms with Gasteiger partial charge in [-0.1, -0.05) is 31.4 Å². The first-order valence-electron chi connectivity index (χ1n) is 13.1. The molecule has 5 rings (SSSR count). The van der Waals surface area contributed by atoms with Crippen LogP contribution < -0.4 is 19.7 Å². The lowest BCUT2D eigenvalue weighted by Crippen LogP contribution is -2.52. The van der Waals surface area contributed by atoms with Crippen molar-refractivity contribution in [3.8, 4) is 11.5 Å². The maximum Gasteiger partial charge on any atom is 0.272 e. The predicted octanol–water partition coefficient (Wildman–Crippen LogP) is 5.15. The number of fused-ring (bicyclic) bond motifs is 1. The van der Waals surface area contributed by atoms with Gasteiger partial charge in [-0.3, -0.25) is 19.3 Å². The number of rotatable bonds is 7. The Morgan fingerprint density at radius 2 is 1.63 bits per heavy atom. The number of ketones is 1. The quantitative estimate of drug-likeness (QED) is 0.436. The minimum atomic E-state index is -1.08. The lowest BCUT2D eigenvalue weighted by Gasteiger charge is -2.35. The van der Waals surface area contributed by atoms with Crippen molar-refractivity contribution in [2.45, 2.75) is 64.1 Å². The summed E-state index contributed by atoms with van der Waals surface area (Å²) in [6.07, 6.45) is 4.06. The maximum atomic E-state index is 14.2. The number of ether oxygens (including phenoxy) is 2. The molecular formula is C30H32N2O6. The molecule has 2 aliphatic rings. The van der Waals surface area contributed by atoms with Crippen molar-refractivity contribution in [3.05, 3.63) is 77.7 Å². The second-order valence-corrected chi connectivity index (χ2v) is 9.87. The highest BCUT2D eigenvalue weighted by molar-refractivity contribution is 6.04. The molecular weight excluding hydrogens is 484 g/mol. The number of carbonyl (C=O) groups is 3. The molecule has 3 aromatic rings. The predicted molar refractivity (Wildman–Crippen MR) is 141 cm³/mol. The van der Waals surface area contributed by atoms with E-state index in [0.717, 1.165) is 32.1 Å². The van der Waals surface area contributed by atoms with E-state index >= 15 is 0 Å². The molecule has 1 aliphatic carbocycles. The van der Waals surface area contributed by atoms with Crippen LogP contribution in [0.25, 0.3) is 0 Å². The summed E-state index contributed by atoms with van der Waals surface area (Å²) in [5.41, 5.74) is 0.949. The molecule has 198 valence electrons. The largest absolute Gasteiger partial charge is 0.485 e. The van der Waals surface area contributed by atoms with E-state index in [4.69, 9.17) is 13.9 Å². The monoisotopic (exact) mass is 516 g/mol. The van der Waals surface area contributed by atoms with Gasteiger partial charge in [0.1, 0.15) is 18.1 Å². The topological polar surface area (TPSA) is 98.1 Å². The van der Waals surface area contributed by atoms with E-state index in [1.165, 1.54) is 11.8 Å². The van der Waals surface area contributed by atoms with Gasteiger partial charge in [0.2, 0.25) is 6.10 Å². The zero-order chi connectivity index (χ0) is 26.6. The Hall–Kier alpha value is -4.07. The fourth-order valence-electron chi connectivity index (χ4n) is 5.06. The average Bonchev–Trinajstić information content (AvgIpc) is 3.37. The summed E-state index contributed by atoms with van der Waals surface area (Å²) >= 11 is 0. The van der Waals surface area contributed by atoms with Crippen molar-refractivity contribution in [2.75, 3.05) is 11.5 Å². The minimum absolute atomic E-state index is 0.00791. The van der Waals surface area contributed by atoms with Gasteiger partial charge < -0.3 is 19.2 Å². The summed E-state index contributed by atoms with van der Waals surface area (Å²) in [6.45, 7) is 3.27. The van der Waals surface area contributed by atoms with Crippen LogP contribution in [-0.2, 0) is 9.59 Å². The summed E-state index contributed by atoms with van der Waals surface area (Å²) in [7, 11) is 0. The standard InChI is InChI=1S/C30H32N2O6/c1-19-12-17-26(37-19)28(29(34)31-22-8-4-3-5-9-22)32(23-15-13-21(14-16-23)20(2)33)30(35)27-18-36-24-10-6-7-11-25(24)38-27/h6-7,10-17,22,27-28H,3-5,8-9,18H2,1-2H3,(H,31,34)/t27-,28-/m1/s1. The smallest absolute Gasteiger partial charge is 0.272 e. The highest BCUT2D eigenvalue weighted by Crippen LogP contribution is 2.35. The Labute approximate surface area is 221 Å². The van der Waals surface area contributed by atoms with Crippen LogP contribution in [-0.4, -0.2) is 36.4 Å². The molecule has 0 bridgehead atoms. The van der Waals surface area contributed by atoms with Crippen molar-refractivity contribution in [1.82, 2.24) is 5.32 Å². The summed E-state index contributed by atoms with van der Waals surface area (Å²) in [4.78, 5) is 41.4. The molecule has 0 unspecified atom stereocenters. The average molecular weight is 517 g/mol. The van der Waals surface area contributed by atoms with E-state index in [1.807, 2.05) is 6.07 Å². The number of furan rings is 1. The van der Waals surface area contributed by atoms with Gasteiger partial charge in [0, 0.05) is 17.3 Å². The zero-order valence-electron chi connectivity index (χ0n) is 21.6. The molecule has 8 nitrogen and oxygen atoms in total. The Bertz CT molecular complexity index is 1310. The van der Waals surface area contributed by atoms with Crippen molar-refractivity contribution in [2.24, 2.45) is 0 Å². The Morgan fingerprint density at radius 3 is 2.29 bits per heavy atom. The van der Waals surface area contributed by atoms with Gasteiger partial charge in [0.05, 0.1) is 0 Å². The van der Waals surface area contributed by atoms with Gasteiger partial charge in [0.15, 0.2) is 23.3 Å². The fraction of sp³-hybridized carbons (Fsp3) is 0.367. The molecule has 1 aromatic heterocycles. The van der Waals surface area contributed by atoms with E-state index in [1.54, 1.807) is 61.5 Å². The highest BCUT2D eigenvalue weighted by Gasteiger charge is 2.41. The number of hydrogen-bond acceptors (Lipinski definition) is 6. The highest BCUT2D eigenvalue weighted by atomic mass is 16.6. The Morgan fingerprint density at radius 1 is 0.921 bits per heavy atom. The number of hydrogen-bond donors (Lipinski definition) is 1. The molecule has 2 atom stereocenters. The number of anilines is 1. The third-order valence-corrected chi connectivity index (χ3v) is 7.06. The van der Waals surface area contributed by atoms with Crippen LogP contribution >= 0.6 is 0 Å². The molecule has 1 fully saturated rings.